The average molecular weight is 652 g/mol. The summed E-state index contributed by atoms with van der Waals surface area (Å²) in [5, 5.41) is 14.9. The number of hydrogen-bond acceptors (Lipinski definition) is 11. The first-order valence-corrected chi connectivity index (χ1v) is 15.8. The minimum Gasteiger partial charge on any atom is -0.496 e. The van der Waals surface area contributed by atoms with Crippen LogP contribution in [0.25, 0.3) is 0 Å². The molecular formula is C31H33N5O7S2. The van der Waals surface area contributed by atoms with Crippen molar-refractivity contribution in [1.82, 2.24) is 20.1 Å². The Labute approximate surface area is 268 Å². The Kier molecular flexibility index (Phi) is 11.7. The van der Waals surface area contributed by atoms with E-state index in [1.807, 2.05) is 34.9 Å². The summed E-state index contributed by atoms with van der Waals surface area (Å²) < 4.78 is 17.4. The van der Waals surface area contributed by atoms with Crippen LogP contribution in [0.1, 0.15) is 61.2 Å². The van der Waals surface area contributed by atoms with E-state index in [9.17, 15) is 19.2 Å². The number of hydrogen-bond donors (Lipinski definition) is 2. The van der Waals surface area contributed by atoms with Crippen LogP contribution in [0.3, 0.4) is 0 Å². The van der Waals surface area contributed by atoms with E-state index in [1.54, 1.807) is 45.0 Å². The molecule has 0 unspecified atom stereocenters. The highest BCUT2D eigenvalue weighted by molar-refractivity contribution is 7.99. The number of thiophene rings is 1. The molecule has 2 N–H and O–H groups in total. The molecular weight excluding hydrogens is 619 g/mol. The number of carbonyl (C=O) groups excluding carboxylic acids is 4. The molecule has 4 aromatic rings. The molecule has 0 spiro atoms. The van der Waals surface area contributed by atoms with Gasteiger partial charge in [0.15, 0.2) is 11.0 Å². The number of para-hydroxylation sites is 1. The van der Waals surface area contributed by atoms with Gasteiger partial charge in [0.25, 0.3) is 5.91 Å². The topological polar surface area (TPSA) is 151 Å². The third-order valence-electron chi connectivity index (χ3n) is 6.41. The number of nitrogens with zero attached hydrogens (tertiary/aromatic N) is 3. The molecule has 0 saturated heterocycles. The van der Waals surface area contributed by atoms with Crippen LogP contribution in [0.15, 0.2) is 59.8 Å². The lowest BCUT2D eigenvalue weighted by atomic mass is 10.1. The Bertz CT molecular complexity index is 1670. The summed E-state index contributed by atoms with van der Waals surface area (Å²) in [5.74, 6) is -1.13. The van der Waals surface area contributed by atoms with E-state index < -0.39 is 17.8 Å². The zero-order valence-electron chi connectivity index (χ0n) is 25.2. The molecule has 45 heavy (non-hydrogen) atoms. The number of ether oxygens (including phenoxy) is 3. The number of carbonyl (C=O) groups is 4. The maximum Gasteiger partial charge on any atom is 0.348 e. The zero-order valence-corrected chi connectivity index (χ0v) is 26.9. The summed E-state index contributed by atoms with van der Waals surface area (Å²) in [5.41, 5.74) is 1.85. The van der Waals surface area contributed by atoms with Gasteiger partial charge in [0.2, 0.25) is 5.91 Å². The van der Waals surface area contributed by atoms with E-state index in [1.165, 1.54) is 7.11 Å². The molecule has 14 heteroatoms. The van der Waals surface area contributed by atoms with Gasteiger partial charge in [0, 0.05) is 0 Å². The summed E-state index contributed by atoms with van der Waals surface area (Å²) in [6.45, 7) is 5.74. The van der Waals surface area contributed by atoms with Crippen LogP contribution in [0.5, 0.6) is 5.75 Å². The van der Waals surface area contributed by atoms with E-state index in [0.717, 1.165) is 28.7 Å². The van der Waals surface area contributed by atoms with Crippen molar-refractivity contribution in [3.05, 3.63) is 87.6 Å². The van der Waals surface area contributed by atoms with Gasteiger partial charge in [-0.25, -0.2) is 9.59 Å². The molecule has 2 amide bonds. The smallest absolute Gasteiger partial charge is 0.348 e. The van der Waals surface area contributed by atoms with Gasteiger partial charge in [-0.1, -0.05) is 54.2 Å². The van der Waals surface area contributed by atoms with Crippen molar-refractivity contribution in [2.24, 2.45) is 0 Å². The minimum atomic E-state index is -0.646. The van der Waals surface area contributed by atoms with Gasteiger partial charge in [0.05, 0.1) is 50.3 Å². The average Bonchev–Trinajstić information content (AvgIpc) is 3.58. The largest absolute Gasteiger partial charge is 0.496 e. The summed E-state index contributed by atoms with van der Waals surface area (Å²) in [6, 6.07) is 16.6. The van der Waals surface area contributed by atoms with Crippen molar-refractivity contribution in [2.45, 2.75) is 39.0 Å². The number of thioether (sulfide) groups is 1. The Balaban J connectivity index is 1.52. The Morgan fingerprint density at radius 1 is 0.933 bits per heavy atom. The van der Waals surface area contributed by atoms with Crippen LogP contribution in [0.2, 0.25) is 0 Å². The molecule has 2 aromatic heterocycles. The second-order valence-electron chi connectivity index (χ2n) is 9.39. The molecule has 0 bridgehead atoms. The number of nitrogens with one attached hydrogen (secondary N) is 2. The van der Waals surface area contributed by atoms with Gasteiger partial charge in [-0.15, -0.1) is 21.5 Å². The van der Waals surface area contributed by atoms with Crippen LogP contribution >= 0.6 is 23.1 Å². The van der Waals surface area contributed by atoms with E-state index in [0.29, 0.717) is 34.4 Å². The number of amides is 2. The maximum absolute atomic E-state index is 13.1. The number of aromatic nitrogens is 3. The zero-order chi connectivity index (χ0) is 32.3. The molecule has 0 aliphatic carbocycles. The normalized spacial score (nSPS) is 10.7. The highest BCUT2D eigenvalue weighted by Crippen LogP contribution is 2.34. The third-order valence-corrected chi connectivity index (χ3v) is 8.56. The maximum atomic E-state index is 13.1. The monoisotopic (exact) mass is 651 g/mol. The summed E-state index contributed by atoms with van der Waals surface area (Å²) in [6.07, 6.45) is 0. The first kappa shape index (κ1) is 33.2. The fraction of sp³-hybridized carbons (Fsp3) is 0.290. The van der Waals surface area contributed by atoms with Gasteiger partial charge in [-0.2, -0.15) is 0 Å². The summed E-state index contributed by atoms with van der Waals surface area (Å²) >= 11 is 2.10. The van der Waals surface area contributed by atoms with Crippen LogP contribution in [0, 0.1) is 6.92 Å². The van der Waals surface area contributed by atoms with Gasteiger partial charge in [0.1, 0.15) is 15.6 Å². The lowest BCUT2D eigenvalue weighted by Gasteiger charge is -2.12. The SMILES string of the molecule is CCOC(=O)c1sc(NC(=O)CSc2nnc(CNC(=O)c3ccccc3OC)n2Cc2ccccc2)c(C(=O)OCC)c1C. The van der Waals surface area contributed by atoms with Crippen LogP contribution in [0.4, 0.5) is 5.00 Å². The molecule has 2 heterocycles. The fourth-order valence-electron chi connectivity index (χ4n) is 4.30. The van der Waals surface area contributed by atoms with E-state index >= 15 is 0 Å². The van der Waals surface area contributed by atoms with Gasteiger partial charge < -0.3 is 29.4 Å². The van der Waals surface area contributed by atoms with Crippen molar-refractivity contribution in [2.75, 3.05) is 31.4 Å². The molecule has 0 atom stereocenters. The molecule has 0 fully saturated rings. The lowest BCUT2D eigenvalue weighted by Crippen LogP contribution is -2.25. The highest BCUT2D eigenvalue weighted by atomic mass is 32.2. The first-order chi connectivity index (χ1) is 21.8. The molecule has 0 aliphatic rings. The minimum absolute atomic E-state index is 0.0750. The van der Waals surface area contributed by atoms with Gasteiger partial charge in [-0.3, -0.25) is 9.59 Å². The number of anilines is 1. The quantitative estimate of drug-likeness (QED) is 0.145. The molecule has 4 rings (SSSR count). The van der Waals surface area contributed by atoms with E-state index in [2.05, 4.69) is 20.8 Å². The van der Waals surface area contributed by atoms with Crippen LogP contribution in [-0.2, 0) is 27.4 Å². The number of esters is 2. The van der Waals surface area contributed by atoms with Crippen molar-refractivity contribution in [3.8, 4) is 5.75 Å². The molecule has 0 saturated carbocycles. The van der Waals surface area contributed by atoms with E-state index in [-0.39, 0.29) is 46.9 Å². The number of methoxy groups -OCH3 is 1. The predicted molar refractivity (Wildman–Crippen MR) is 170 cm³/mol. The van der Waals surface area contributed by atoms with Crippen molar-refractivity contribution in [1.29, 1.82) is 0 Å². The second-order valence-corrected chi connectivity index (χ2v) is 11.4. The van der Waals surface area contributed by atoms with Crippen molar-refractivity contribution >= 4 is 51.9 Å². The molecule has 236 valence electrons. The molecule has 12 nitrogen and oxygen atoms in total. The van der Waals surface area contributed by atoms with Crippen molar-refractivity contribution in [3.63, 3.8) is 0 Å². The van der Waals surface area contributed by atoms with E-state index in [4.69, 9.17) is 14.2 Å². The van der Waals surface area contributed by atoms with Crippen LogP contribution in [-0.4, -0.2) is 64.6 Å². The molecule has 0 aliphatic heterocycles. The molecule has 2 aromatic carbocycles. The third kappa shape index (κ3) is 8.28. The lowest BCUT2D eigenvalue weighted by molar-refractivity contribution is -0.113. The Hall–Kier alpha value is -4.69. The Morgan fingerprint density at radius 3 is 2.33 bits per heavy atom. The van der Waals surface area contributed by atoms with Gasteiger partial charge in [-0.05, 0) is 44.0 Å². The van der Waals surface area contributed by atoms with Gasteiger partial charge >= 0.3 is 11.9 Å². The highest BCUT2D eigenvalue weighted by Gasteiger charge is 2.27. The van der Waals surface area contributed by atoms with Crippen LogP contribution < -0.4 is 15.4 Å². The number of rotatable bonds is 14. The Morgan fingerprint density at radius 2 is 1.62 bits per heavy atom. The number of benzene rings is 2. The standard InChI is InChI=1S/C31H33N5O7S2/c1-5-42-29(39)25-19(3)26(30(40)43-6-2)45-28(25)33-24(37)18-44-31-35-34-23(36(31)17-20-12-8-7-9-13-20)16-32-27(38)21-14-10-11-15-22(21)41-4/h7-15H,5-6,16-18H2,1-4H3,(H,32,38)(H,33,37). The fourth-order valence-corrected chi connectivity index (χ4v) is 6.16. The molecule has 0 radical (unpaired) electrons. The first-order valence-electron chi connectivity index (χ1n) is 14.0. The second kappa shape index (κ2) is 15.9. The summed E-state index contributed by atoms with van der Waals surface area (Å²) in [4.78, 5) is 51.4. The summed E-state index contributed by atoms with van der Waals surface area (Å²) in [7, 11) is 1.50. The predicted octanol–water partition coefficient (Wildman–Crippen LogP) is 4.72. The van der Waals surface area contributed by atoms with Crippen molar-refractivity contribution < 1.29 is 33.4 Å².